The van der Waals surface area contributed by atoms with E-state index in [0.717, 1.165) is 0 Å². The van der Waals surface area contributed by atoms with Crippen molar-refractivity contribution in [1.29, 1.82) is 0 Å². The topological polar surface area (TPSA) is 46.1 Å². The molecule has 4 nitrogen and oxygen atoms in total. The maximum Gasteiger partial charge on any atom is 0.243 e. The van der Waals surface area contributed by atoms with Crippen molar-refractivity contribution in [3.8, 4) is 0 Å². The van der Waals surface area contributed by atoms with Gasteiger partial charge in [0.15, 0.2) is 0 Å². The lowest BCUT2D eigenvalue weighted by molar-refractivity contribution is -0.121. The van der Waals surface area contributed by atoms with Crippen molar-refractivity contribution in [2.75, 3.05) is 12.0 Å². The van der Waals surface area contributed by atoms with Gasteiger partial charge in [0.05, 0.1) is 0 Å². The number of carbonyl (C=O) groups is 1. The largest absolute Gasteiger partial charge is 0.355 e. The smallest absolute Gasteiger partial charge is 0.243 e. The molecule has 2 N–H and O–H groups in total. The Bertz CT molecular complexity index is 256. The second kappa shape index (κ2) is 4.54. The molecule has 0 bridgehead atoms. The molecule has 0 saturated carbocycles. The van der Waals surface area contributed by atoms with Crippen molar-refractivity contribution in [2.45, 2.75) is 19.9 Å². The molecular weight excluding hydrogens is 166 g/mol. The molecule has 0 aromatic carbocycles. The van der Waals surface area contributed by atoms with Gasteiger partial charge in [0.1, 0.15) is 6.04 Å². The van der Waals surface area contributed by atoms with E-state index in [1.165, 1.54) is 0 Å². The van der Waals surface area contributed by atoms with Gasteiger partial charge in [-0.3, -0.25) is 9.47 Å². The number of aromatic nitrogens is 1. The summed E-state index contributed by atoms with van der Waals surface area (Å²) in [4.78, 5) is 11.3. The molecule has 1 aromatic heterocycles. The van der Waals surface area contributed by atoms with Gasteiger partial charge in [-0.2, -0.15) is 0 Å². The zero-order valence-electron chi connectivity index (χ0n) is 7.95. The Kier molecular flexibility index (Phi) is 3.37. The molecule has 1 unspecified atom stereocenters. The van der Waals surface area contributed by atoms with Crippen LogP contribution in [-0.2, 0) is 4.79 Å². The van der Waals surface area contributed by atoms with Crippen molar-refractivity contribution >= 4 is 5.91 Å². The van der Waals surface area contributed by atoms with Gasteiger partial charge in [0, 0.05) is 18.9 Å². The lowest BCUT2D eigenvalue weighted by Gasteiger charge is -2.14. The summed E-state index contributed by atoms with van der Waals surface area (Å²) in [6.45, 7) is 4.39. The number of nitrogens with one attached hydrogen (secondary N) is 2. The zero-order chi connectivity index (χ0) is 9.68. The summed E-state index contributed by atoms with van der Waals surface area (Å²) in [7, 11) is 0. The quantitative estimate of drug-likeness (QED) is 0.712. The maximum absolute atomic E-state index is 11.3. The van der Waals surface area contributed by atoms with E-state index < -0.39 is 0 Å². The van der Waals surface area contributed by atoms with Gasteiger partial charge in [0.25, 0.3) is 0 Å². The van der Waals surface area contributed by atoms with Crippen LogP contribution < -0.4 is 10.7 Å². The molecule has 0 aliphatic rings. The van der Waals surface area contributed by atoms with Crippen molar-refractivity contribution in [3.05, 3.63) is 24.5 Å². The molecule has 1 aromatic rings. The summed E-state index contributed by atoms with van der Waals surface area (Å²) in [5.74, 6) is 0.0104. The number of rotatable bonds is 4. The fraction of sp³-hybridized carbons (Fsp3) is 0.444. The van der Waals surface area contributed by atoms with Crippen LogP contribution in [0.3, 0.4) is 0 Å². The average Bonchev–Trinajstić information content (AvgIpc) is 2.57. The molecule has 0 spiro atoms. The minimum absolute atomic E-state index is 0.0104. The van der Waals surface area contributed by atoms with Crippen LogP contribution in [0.4, 0.5) is 0 Å². The molecular formula is C9H15N3O. The van der Waals surface area contributed by atoms with E-state index in [1.54, 1.807) is 4.68 Å². The average molecular weight is 181 g/mol. The van der Waals surface area contributed by atoms with Gasteiger partial charge in [0.2, 0.25) is 5.91 Å². The molecule has 0 saturated heterocycles. The maximum atomic E-state index is 11.3. The summed E-state index contributed by atoms with van der Waals surface area (Å²) in [5, 5.41) is 2.74. The van der Waals surface area contributed by atoms with E-state index in [0.29, 0.717) is 6.54 Å². The zero-order valence-corrected chi connectivity index (χ0v) is 7.95. The predicted octanol–water partition coefficient (Wildman–Crippen LogP) is 0.556. The second-order valence-electron chi connectivity index (χ2n) is 2.84. The summed E-state index contributed by atoms with van der Waals surface area (Å²) < 4.78 is 1.76. The highest BCUT2D eigenvalue weighted by molar-refractivity contribution is 5.82. The molecule has 4 heteroatoms. The molecule has 1 rings (SSSR count). The monoisotopic (exact) mass is 181 g/mol. The fourth-order valence-electron chi connectivity index (χ4n) is 1.03. The van der Waals surface area contributed by atoms with Crippen LogP contribution in [0.5, 0.6) is 0 Å². The number of hydrogen-bond donors (Lipinski definition) is 2. The number of carbonyl (C=O) groups excluding carboxylic acids is 1. The van der Waals surface area contributed by atoms with E-state index >= 15 is 0 Å². The van der Waals surface area contributed by atoms with Crippen LogP contribution in [0.1, 0.15) is 13.8 Å². The Morgan fingerprint density at radius 1 is 1.46 bits per heavy atom. The number of likely N-dealkylation sites (N-methyl/N-ethyl adjacent to an activating group) is 1. The first-order valence-corrected chi connectivity index (χ1v) is 4.41. The molecule has 13 heavy (non-hydrogen) atoms. The van der Waals surface area contributed by atoms with Crippen molar-refractivity contribution < 1.29 is 4.79 Å². The third-order valence-electron chi connectivity index (χ3n) is 1.69. The SMILES string of the molecule is CCNC(=O)C(C)Nn1cccc1. The highest BCUT2D eigenvalue weighted by Crippen LogP contribution is 1.89. The molecule has 72 valence electrons. The number of nitrogens with zero attached hydrogens (tertiary/aromatic N) is 1. The molecule has 1 amide bonds. The van der Waals surface area contributed by atoms with Crippen LogP contribution in [-0.4, -0.2) is 23.2 Å². The Morgan fingerprint density at radius 3 is 2.62 bits per heavy atom. The predicted molar refractivity (Wildman–Crippen MR) is 51.9 cm³/mol. The van der Waals surface area contributed by atoms with Gasteiger partial charge in [-0.15, -0.1) is 0 Å². The lowest BCUT2D eigenvalue weighted by atomic mass is 10.3. The van der Waals surface area contributed by atoms with Crippen LogP contribution in [0.15, 0.2) is 24.5 Å². The first-order chi connectivity index (χ1) is 6.24. The minimum Gasteiger partial charge on any atom is -0.355 e. The highest BCUT2D eigenvalue weighted by Gasteiger charge is 2.09. The van der Waals surface area contributed by atoms with E-state index in [2.05, 4.69) is 10.7 Å². The van der Waals surface area contributed by atoms with Gasteiger partial charge in [-0.1, -0.05) is 0 Å². The first kappa shape index (κ1) is 9.64. The van der Waals surface area contributed by atoms with E-state index in [4.69, 9.17) is 0 Å². The third kappa shape index (κ3) is 2.82. The highest BCUT2D eigenvalue weighted by atomic mass is 16.2. The van der Waals surface area contributed by atoms with Crippen molar-refractivity contribution in [1.82, 2.24) is 9.99 Å². The van der Waals surface area contributed by atoms with Crippen molar-refractivity contribution in [2.24, 2.45) is 0 Å². The van der Waals surface area contributed by atoms with E-state index in [1.807, 2.05) is 38.4 Å². The standard InChI is InChI=1S/C9H15N3O/c1-3-10-9(13)8(2)11-12-6-4-5-7-12/h4-8,11H,3H2,1-2H3,(H,10,13). The third-order valence-corrected chi connectivity index (χ3v) is 1.69. The number of hydrogen-bond acceptors (Lipinski definition) is 2. The van der Waals surface area contributed by atoms with Gasteiger partial charge < -0.3 is 10.7 Å². The number of amides is 1. The van der Waals surface area contributed by atoms with Crippen molar-refractivity contribution in [3.63, 3.8) is 0 Å². The van der Waals surface area contributed by atoms with Crippen LogP contribution in [0, 0.1) is 0 Å². The van der Waals surface area contributed by atoms with Crippen LogP contribution in [0.2, 0.25) is 0 Å². The summed E-state index contributed by atoms with van der Waals surface area (Å²) in [6.07, 6.45) is 3.71. The molecule has 0 radical (unpaired) electrons. The van der Waals surface area contributed by atoms with E-state index in [-0.39, 0.29) is 11.9 Å². The molecule has 1 atom stereocenters. The summed E-state index contributed by atoms with van der Waals surface area (Å²) in [6, 6.07) is 3.59. The van der Waals surface area contributed by atoms with Gasteiger partial charge in [-0.05, 0) is 26.0 Å². The second-order valence-corrected chi connectivity index (χ2v) is 2.84. The van der Waals surface area contributed by atoms with Gasteiger partial charge >= 0.3 is 0 Å². The Hall–Kier alpha value is -1.45. The first-order valence-electron chi connectivity index (χ1n) is 4.41. The fourth-order valence-corrected chi connectivity index (χ4v) is 1.03. The van der Waals surface area contributed by atoms with Gasteiger partial charge in [-0.25, -0.2) is 0 Å². The molecule has 0 aliphatic carbocycles. The Labute approximate surface area is 77.9 Å². The Balaban J connectivity index is 2.41. The minimum atomic E-state index is -0.215. The summed E-state index contributed by atoms with van der Waals surface area (Å²) >= 11 is 0. The molecule has 0 aliphatic heterocycles. The normalized spacial score (nSPS) is 12.2. The Morgan fingerprint density at radius 2 is 2.08 bits per heavy atom. The summed E-state index contributed by atoms with van der Waals surface area (Å²) in [5.41, 5.74) is 3.01. The molecule has 0 fully saturated rings. The lowest BCUT2D eigenvalue weighted by Crippen LogP contribution is -2.40. The van der Waals surface area contributed by atoms with E-state index in [9.17, 15) is 4.79 Å². The van der Waals surface area contributed by atoms with Crippen LogP contribution in [0.25, 0.3) is 0 Å². The molecule has 1 heterocycles. The van der Waals surface area contributed by atoms with Crippen LogP contribution >= 0.6 is 0 Å².